The van der Waals surface area contributed by atoms with Crippen LogP contribution < -0.4 is 0 Å². The van der Waals surface area contributed by atoms with E-state index >= 15 is 0 Å². The Hall–Kier alpha value is -1.11. The van der Waals surface area contributed by atoms with Crippen molar-refractivity contribution in [2.24, 2.45) is 0 Å². The molecular weight excluding hydrogens is 805 g/mol. The molecule has 2 nitrogen and oxygen atoms in total. The Kier molecular flexibility index (Phi) is 9.79. The van der Waals surface area contributed by atoms with E-state index in [1.165, 1.54) is 14.7 Å². The zero-order valence-electron chi connectivity index (χ0n) is 20.0. The van der Waals surface area contributed by atoms with E-state index in [0.717, 1.165) is 16.3 Å². The fourth-order valence-corrected chi connectivity index (χ4v) is 8.63. The highest BCUT2D eigenvalue weighted by Gasteiger charge is 2.36. The van der Waals surface area contributed by atoms with Crippen molar-refractivity contribution in [2.45, 2.75) is 47.0 Å². The maximum atomic E-state index is 13.5. The summed E-state index contributed by atoms with van der Waals surface area (Å²) in [6, 6.07) is 34.0. The van der Waals surface area contributed by atoms with E-state index in [1.54, 1.807) is 0 Å². The van der Waals surface area contributed by atoms with Gasteiger partial charge in [-0.05, 0) is 135 Å². The first-order chi connectivity index (χ1) is 17.4. The summed E-state index contributed by atoms with van der Waals surface area (Å²) in [6.07, 6.45) is 1.41. The molecule has 184 valence electrons. The molecule has 0 heterocycles. The van der Waals surface area contributed by atoms with Crippen molar-refractivity contribution in [1.29, 1.82) is 0 Å². The molecule has 0 saturated heterocycles. The molecule has 0 aliphatic heterocycles. The molecule has 0 radical (unpaired) electrons. The highest BCUT2D eigenvalue weighted by Crippen LogP contribution is 2.38. The molecule has 4 aromatic carbocycles. The summed E-state index contributed by atoms with van der Waals surface area (Å²) in [5, 5.41) is 0. The van der Waals surface area contributed by atoms with Crippen LogP contribution in [0.2, 0.25) is 0 Å². The van der Waals surface area contributed by atoms with Crippen LogP contribution in [0.4, 0.5) is 0 Å². The summed E-state index contributed by atoms with van der Waals surface area (Å²) in [7, 11) is -0.213. The van der Waals surface area contributed by atoms with Crippen LogP contribution in [0, 0.1) is 10.7 Å². The predicted octanol–water partition coefficient (Wildman–Crippen LogP) is 9.47. The average Bonchev–Trinajstić information content (AvgIpc) is 2.91. The quantitative estimate of drug-likeness (QED) is 0.0766. The molecular formula is C30H26I3O2S+. The maximum absolute atomic E-state index is 13.5. The molecule has 0 saturated carbocycles. The molecule has 36 heavy (non-hydrogen) atoms. The second kappa shape index (κ2) is 12.6. The number of carbonyl (C=O) groups is 1. The summed E-state index contributed by atoms with van der Waals surface area (Å²) in [5.41, 5.74) is 1.01. The molecule has 0 bridgehead atoms. The lowest BCUT2D eigenvalue weighted by Crippen LogP contribution is -2.32. The first-order valence-electron chi connectivity index (χ1n) is 11.7. The largest absolute Gasteiger partial charge is 0.451 e. The van der Waals surface area contributed by atoms with Crippen LogP contribution in [0.25, 0.3) is 0 Å². The lowest BCUT2D eigenvalue weighted by atomic mass is 9.88. The third-order valence-corrected chi connectivity index (χ3v) is 12.4. The molecule has 0 atom stereocenters. The Morgan fingerprint density at radius 3 is 1.67 bits per heavy atom. The van der Waals surface area contributed by atoms with Gasteiger partial charge in [0, 0.05) is 10.7 Å². The van der Waals surface area contributed by atoms with Crippen molar-refractivity contribution in [3.63, 3.8) is 0 Å². The van der Waals surface area contributed by atoms with Crippen LogP contribution >= 0.6 is 67.8 Å². The molecule has 4 rings (SSSR count). The number of halogens is 3. The van der Waals surface area contributed by atoms with Gasteiger partial charge in [0.1, 0.15) is 5.60 Å². The normalized spacial score (nSPS) is 11.5. The van der Waals surface area contributed by atoms with Gasteiger partial charge in [0.05, 0.1) is 16.5 Å². The summed E-state index contributed by atoms with van der Waals surface area (Å²) in [4.78, 5) is 17.3. The summed E-state index contributed by atoms with van der Waals surface area (Å²) in [6.45, 7) is 4.18. The van der Waals surface area contributed by atoms with E-state index in [4.69, 9.17) is 4.74 Å². The number of ether oxygens (including phenoxy) is 1. The molecule has 0 spiro atoms. The SMILES string of the molecule is CCC(CC)(OC(=O)c1c(I)ccc(I)c1I)c1ccc([S+](c2ccccc2)c2ccccc2)cc1. The number of hydrogen-bond donors (Lipinski definition) is 0. The highest BCUT2D eigenvalue weighted by molar-refractivity contribution is 14.1. The molecule has 0 aliphatic carbocycles. The number of rotatable bonds is 8. The number of hydrogen-bond acceptors (Lipinski definition) is 2. The third kappa shape index (κ3) is 5.96. The highest BCUT2D eigenvalue weighted by atomic mass is 127. The van der Waals surface area contributed by atoms with Crippen LogP contribution in [0.15, 0.2) is 112 Å². The minimum atomic E-state index is -0.679. The smallest absolute Gasteiger partial charge is 0.341 e. The summed E-state index contributed by atoms with van der Waals surface area (Å²) >= 11 is 6.74. The van der Waals surface area contributed by atoms with Gasteiger partial charge < -0.3 is 4.74 Å². The lowest BCUT2D eigenvalue weighted by molar-refractivity contribution is -0.0265. The summed E-state index contributed by atoms with van der Waals surface area (Å²) < 4.78 is 9.25. The Morgan fingerprint density at radius 1 is 0.694 bits per heavy atom. The number of carbonyl (C=O) groups excluding carboxylic acids is 1. The van der Waals surface area contributed by atoms with E-state index in [-0.39, 0.29) is 16.9 Å². The van der Waals surface area contributed by atoms with Gasteiger partial charge in [0.15, 0.2) is 14.7 Å². The summed E-state index contributed by atoms with van der Waals surface area (Å²) in [5.74, 6) is -0.261. The van der Waals surface area contributed by atoms with E-state index in [0.29, 0.717) is 18.4 Å². The fraction of sp³-hybridized carbons (Fsp3) is 0.167. The first-order valence-corrected chi connectivity index (χ1v) is 16.2. The molecule has 0 N–H and O–H groups in total. The maximum Gasteiger partial charge on any atom is 0.341 e. The van der Waals surface area contributed by atoms with Gasteiger partial charge in [-0.1, -0.05) is 62.4 Å². The van der Waals surface area contributed by atoms with Crippen molar-refractivity contribution in [2.75, 3.05) is 0 Å². The van der Waals surface area contributed by atoms with E-state index in [2.05, 4.69) is 167 Å². The molecule has 0 unspecified atom stereocenters. The zero-order chi connectivity index (χ0) is 25.7. The standard InChI is InChI=1S/C30H26I3O2S/c1-3-30(4-2,35-29(34)27-25(31)19-20-26(32)28(27)33)21-15-17-24(18-16-21)36(22-11-7-5-8-12-22)23-13-9-6-10-14-23/h5-20H,3-4H2,1-2H3/q+1. The van der Waals surface area contributed by atoms with Crippen LogP contribution in [0.5, 0.6) is 0 Å². The Balaban J connectivity index is 1.70. The van der Waals surface area contributed by atoms with Gasteiger partial charge in [-0.15, -0.1) is 0 Å². The minimum Gasteiger partial charge on any atom is -0.451 e. The average molecular weight is 831 g/mol. The topological polar surface area (TPSA) is 26.3 Å². The van der Waals surface area contributed by atoms with Gasteiger partial charge in [-0.3, -0.25) is 0 Å². The lowest BCUT2D eigenvalue weighted by Gasteiger charge is -2.32. The minimum absolute atomic E-state index is 0.213. The van der Waals surface area contributed by atoms with Crippen molar-refractivity contribution in [3.8, 4) is 0 Å². The molecule has 0 aromatic heterocycles. The Morgan fingerprint density at radius 2 is 1.17 bits per heavy atom. The van der Waals surface area contributed by atoms with Crippen molar-refractivity contribution in [1.82, 2.24) is 0 Å². The second-order valence-electron chi connectivity index (χ2n) is 8.27. The van der Waals surface area contributed by atoms with Gasteiger partial charge in [0.2, 0.25) is 0 Å². The fourth-order valence-electron chi connectivity index (χ4n) is 4.22. The zero-order valence-corrected chi connectivity index (χ0v) is 27.3. The molecule has 0 aliphatic rings. The van der Waals surface area contributed by atoms with E-state index in [1.807, 2.05) is 12.1 Å². The molecule has 0 amide bonds. The first kappa shape index (κ1) is 27.9. The number of benzene rings is 4. The van der Waals surface area contributed by atoms with Crippen LogP contribution in [0.3, 0.4) is 0 Å². The number of esters is 1. The van der Waals surface area contributed by atoms with Crippen LogP contribution in [0.1, 0.15) is 42.6 Å². The second-order valence-corrected chi connectivity index (χ2v) is 13.7. The van der Waals surface area contributed by atoms with Crippen molar-refractivity contribution < 1.29 is 9.53 Å². The predicted molar refractivity (Wildman–Crippen MR) is 174 cm³/mol. The van der Waals surface area contributed by atoms with Crippen molar-refractivity contribution >= 4 is 84.6 Å². The monoisotopic (exact) mass is 831 g/mol. The van der Waals surface area contributed by atoms with Crippen molar-refractivity contribution in [3.05, 3.63) is 119 Å². The van der Waals surface area contributed by atoms with Gasteiger partial charge >= 0.3 is 5.97 Å². The Labute approximate surface area is 257 Å². The molecule has 6 heteroatoms. The van der Waals surface area contributed by atoms with Gasteiger partial charge in [0.25, 0.3) is 0 Å². The van der Waals surface area contributed by atoms with Crippen LogP contribution in [-0.2, 0) is 21.2 Å². The van der Waals surface area contributed by atoms with Gasteiger partial charge in [-0.25, -0.2) is 4.79 Å². The van der Waals surface area contributed by atoms with Gasteiger partial charge in [-0.2, -0.15) is 0 Å². The van der Waals surface area contributed by atoms with E-state index < -0.39 is 5.60 Å². The van der Waals surface area contributed by atoms with E-state index in [9.17, 15) is 4.79 Å². The third-order valence-electron chi connectivity index (χ3n) is 6.25. The molecule has 4 aromatic rings. The Bertz CT molecular complexity index is 1280. The van der Waals surface area contributed by atoms with Crippen LogP contribution in [-0.4, -0.2) is 5.97 Å². The molecule has 0 fully saturated rings.